The fraction of sp³-hybridized carbons (Fsp3) is 0.400. The summed E-state index contributed by atoms with van der Waals surface area (Å²) in [5.41, 5.74) is 4.11. The molecule has 0 bridgehead atoms. The minimum atomic E-state index is -0.958. The molecule has 1 atom stereocenters. The molecular weight excluding hydrogens is 378 g/mol. The Labute approximate surface area is 167 Å². The van der Waals surface area contributed by atoms with E-state index < -0.39 is 35.7 Å². The summed E-state index contributed by atoms with van der Waals surface area (Å²) in [6.45, 7) is 4.76. The summed E-state index contributed by atoms with van der Waals surface area (Å²) in [5.74, 6) is -1.26. The molecule has 0 unspecified atom stereocenters. The van der Waals surface area contributed by atoms with E-state index >= 15 is 0 Å². The van der Waals surface area contributed by atoms with Crippen molar-refractivity contribution in [1.82, 2.24) is 9.13 Å². The number of nitrogens with zero attached hydrogens (tertiary/aromatic N) is 2. The van der Waals surface area contributed by atoms with Gasteiger partial charge in [0, 0.05) is 13.6 Å². The average molecular weight is 403 g/mol. The van der Waals surface area contributed by atoms with Gasteiger partial charge in [-0.15, -0.1) is 0 Å². The number of rotatable bonds is 8. The number of esters is 1. The van der Waals surface area contributed by atoms with Crippen molar-refractivity contribution in [3.05, 3.63) is 56.7 Å². The van der Waals surface area contributed by atoms with Gasteiger partial charge in [-0.05, 0) is 25.0 Å². The number of Topliss-reactive ketones (excluding diaryl/α,β-unsaturated/α-hetero) is 1. The first-order valence-corrected chi connectivity index (χ1v) is 9.14. The lowest BCUT2D eigenvalue weighted by atomic mass is 10.1. The zero-order valence-corrected chi connectivity index (χ0v) is 16.9. The first-order valence-electron chi connectivity index (χ1n) is 9.14. The molecule has 0 radical (unpaired) electrons. The van der Waals surface area contributed by atoms with Gasteiger partial charge in [0.15, 0.2) is 12.7 Å². The van der Waals surface area contributed by atoms with E-state index in [1.165, 1.54) is 18.5 Å². The summed E-state index contributed by atoms with van der Waals surface area (Å²) >= 11 is 0. The van der Waals surface area contributed by atoms with E-state index in [2.05, 4.69) is 0 Å². The lowest BCUT2D eigenvalue weighted by Crippen LogP contribution is -2.43. The lowest BCUT2D eigenvalue weighted by molar-refractivity contribution is -0.149. The number of benzene rings is 1. The number of ketones is 1. The number of aromatic nitrogens is 2. The Morgan fingerprint density at radius 1 is 1.10 bits per heavy atom. The van der Waals surface area contributed by atoms with Gasteiger partial charge in [0.2, 0.25) is 5.78 Å². The molecule has 1 heterocycles. The Kier molecular flexibility index (Phi) is 6.98. The highest BCUT2D eigenvalue weighted by atomic mass is 16.6. The quantitative estimate of drug-likeness (QED) is 0.515. The van der Waals surface area contributed by atoms with E-state index in [1.54, 1.807) is 30.3 Å². The Hall–Kier alpha value is -3.36. The Morgan fingerprint density at radius 2 is 1.72 bits per heavy atom. The van der Waals surface area contributed by atoms with E-state index in [9.17, 15) is 19.2 Å². The number of anilines is 1. The zero-order valence-electron chi connectivity index (χ0n) is 16.9. The number of nitrogen functional groups attached to an aromatic ring is 1. The summed E-state index contributed by atoms with van der Waals surface area (Å²) in [4.78, 5) is 49.3. The van der Waals surface area contributed by atoms with E-state index in [4.69, 9.17) is 15.2 Å². The van der Waals surface area contributed by atoms with Crippen LogP contribution in [-0.4, -0.2) is 33.6 Å². The highest BCUT2D eigenvalue weighted by molar-refractivity contribution is 6.01. The number of hydrogen-bond donors (Lipinski definition) is 1. The van der Waals surface area contributed by atoms with Gasteiger partial charge in [-0.3, -0.25) is 18.7 Å². The van der Waals surface area contributed by atoms with Crippen LogP contribution in [0.4, 0.5) is 5.82 Å². The number of para-hydroxylation sites is 1. The van der Waals surface area contributed by atoms with E-state index in [0.29, 0.717) is 5.75 Å². The van der Waals surface area contributed by atoms with Crippen LogP contribution in [0.25, 0.3) is 0 Å². The minimum absolute atomic E-state index is 0.0595. The van der Waals surface area contributed by atoms with Crippen molar-refractivity contribution >= 4 is 17.6 Å². The van der Waals surface area contributed by atoms with Crippen molar-refractivity contribution in [2.45, 2.75) is 33.4 Å². The third kappa shape index (κ3) is 5.13. The van der Waals surface area contributed by atoms with Crippen molar-refractivity contribution in [2.75, 3.05) is 12.3 Å². The first-order chi connectivity index (χ1) is 13.6. The zero-order chi connectivity index (χ0) is 21.7. The monoisotopic (exact) mass is 403 g/mol. The molecule has 9 heteroatoms. The molecule has 0 spiro atoms. The second-order valence-corrected chi connectivity index (χ2v) is 7.02. The van der Waals surface area contributed by atoms with Crippen LogP contribution in [0.5, 0.6) is 5.75 Å². The predicted molar refractivity (Wildman–Crippen MR) is 107 cm³/mol. The van der Waals surface area contributed by atoms with Gasteiger partial charge >= 0.3 is 11.7 Å². The van der Waals surface area contributed by atoms with Crippen molar-refractivity contribution in [1.29, 1.82) is 0 Å². The number of ether oxygens (including phenoxy) is 2. The van der Waals surface area contributed by atoms with Gasteiger partial charge in [0.1, 0.15) is 17.1 Å². The highest BCUT2D eigenvalue weighted by Crippen LogP contribution is 2.12. The number of carbonyl (C=O) groups excluding carboxylic acids is 2. The summed E-state index contributed by atoms with van der Waals surface area (Å²) in [6.07, 6.45) is -0.958. The lowest BCUT2D eigenvalue weighted by Gasteiger charge is -2.16. The Morgan fingerprint density at radius 3 is 2.31 bits per heavy atom. The van der Waals surface area contributed by atoms with Gasteiger partial charge in [-0.1, -0.05) is 32.0 Å². The molecule has 2 N–H and O–H groups in total. The second-order valence-electron chi connectivity index (χ2n) is 7.02. The van der Waals surface area contributed by atoms with Gasteiger partial charge in [-0.25, -0.2) is 9.59 Å². The summed E-state index contributed by atoms with van der Waals surface area (Å²) < 4.78 is 12.4. The van der Waals surface area contributed by atoms with Crippen LogP contribution in [0, 0.1) is 5.92 Å². The normalized spacial score (nSPS) is 11.9. The van der Waals surface area contributed by atoms with E-state index in [1.807, 2.05) is 13.8 Å². The average Bonchev–Trinajstić information content (AvgIpc) is 2.68. The van der Waals surface area contributed by atoms with E-state index in [-0.39, 0.29) is 23.8 Å². The SMILES string of the molecule is CC(C)Cn1c(N)c(C(=O)COC(=O)[C@@H](C)Oc2ccccc2)c(=O)n(C)c1=O. The van der Waals surface area contributed by atoms with Crippen LogP contribution in [0.1, 0.15) is 31.1 Å². The molecule has 1 aromatic carbocycles. The van der Waals surface area contributed by atoms with E-state index in [0.717, 1.165) is 4.57 Å². The predicted octanol–water partition coefficient (Wildman–Crippen LogP) is 0.979. The van der Waals surface area contributed by atoms with Crippen LogP contribution in [0.3, 0.4) is 0 Å². The third-order valence-electron chi connectivity index (χ3n) is 4.14. The highest BCUT2D eigenvalue weighted by Gasteiger charge is 2.24. The number of nitrogens with two attached hydrogens (primary N) is 1. The third-order valence-corrected chi connectivity index (χ3v) is 4.14. The molecule has 0 fully saturated rings. The molecule has 0 saturated carbocycles. The largest absolute Gasteiger partial charge is 0.479 e. The van der Waals surface area contributed by atoms with Gasteiger partial charge in [0.25, 0.3) is 5.56 Å². The van der Waals surface area contributed by atoms with Crippen molar-refractivity contribution in [3.63, 3.8) is 0 Å². The fourth-order valence-electron chi connectivity index (χ4n) is 2.66. The second kappa shape index (κ2) is 9.22. The molecule has 1 aromatic heterocycles. The molecule has 0 aliphatic heterocycles. The van der Waals surface area contributed by atoms with Gasteiger partial charge < -0.3 is 15.2 Å². The fourth-order valence-corrected chi connectivity index (χ4v) is 2.66. The molecule has 2 aromatic rings. The smallest absolute Gasteiger partial charge is 0.347 e. The van der Waals surface area contributed by atoms with Crippen molar-refractivity contribution in [3.8, 4) is 5.75 Å². The van der Waals surface area contributed by atoms with Crippen molar-refractivity contribution < 1.29 is 19.1 Å². The van der Waals surface area contributed by atoms with Crippen LogP contribution >= 0.6 is 0 Å². The molecule has 9 nitrogen and oxygen atoms in total. The van der Waals surface area contributed by atoms with Crippen molar-refractivity contribution in [2.24, 2.45) is 13.0 Å². The summed E-state index contributed by atoms with van der Waals surface area (Å²) in [5, 5.41) is 0. The molecule has 0 aliphatic rings. The molecule has 0 aliphatic carbocycles. The maximum absolute atomic E-state index is 12.5. The molecule has 0 amide bonds. The van der Waals surface area contributed by atoms with Gasteiger partial charge in [0.05, 0.1) is 0 Å². The van der Waals surface area contributed by atoms with Crippen LogP contribution in [0.15, 0.2) is 39.9 Å². The standard InChI is InChI=1S/C20H25N3O6/c1-12(2)10-23-17(21)16(18(25)22(4)20(23)27)15(24)11-28-19(26)13(3)29-14-8-6-5-7-9-14/h5-9,12-13H,10-11,21H2,1-4H3/t13-/m1/s1. The maximum Gasteiger partial charge on any atom is 0.347 e. The maximum atomic E-state index is 12.5. The summed E-state index contributed by atoms with van der Waals surface area (Å²) in [6, 6.07) is 8.66. The minimum Gasteiger partial charge on any atom is -0.479 e. The van der Waals surface area contributed by atoms with Crippen LogP contribution < -0.4 is 21.7 Å². The Bertz CT molecular complexity index is 1010. The van der Waals surface area contributed by atoms with Crippen LogP contribution in [0.2, 0.25) is 0 Å². The summed E-state index contributed by atoms with van der Waals surface area (Å²) in [7, 11) is 1.26. The molecule has 2 rings (SSSR count). The number of carbonyl (C=O) groups is 2. The molecular formula is C20H25N3O6. The topological polar surface area (TPSA) is 123 Å². The molecule has 0 saturated heterocycles. The Balaban J connectivity index is 2.16. The number of hydrogen-bond acceptors (Lipinski definition) is 7. The van der Waals surface area contributed by atoms with Crippen LogP contribution in [-0.2, 0) is 23.1 Å². The molecule has 156 valence electrons. The first kappa shape index (κ1) is 21.9. The van der Waals surface area contributed by atoms with Gasteiger partial charge in [-0.2, -0.15) is 0 Å². The molecule has 29 heavy (non-hydrogen) atoms.